The number of anilines is 2. The first-order valence-corrected chi connectivity index (χ1v) is 12.1. The Labute approximate surface area is 214 Å². The topological polar surface area (TPSA) is 119 Å². The number of aromatic nitrogens is 1. The van der Waals surface area contributed by atoms with Crippen molar-refractivity contribution >= 4 is 17.3 Å². The standard InChI is InChI=1S/C18H24N4O2.C8H5F3N2/c19-12-15-6-7-16(13-20-15)21-8-10-22(11-9-21)18(23)14-24-17-4-2-1-3-5-17;9-8(10,11)7-3-6(13)2-1-5(7)4-12/h6-7,13,17H,1-5,8-11,14H2;1-3H,13H2. The number of carbonyl (C=O) groups excluding carboxylic acids is 1. The van der Waals surface area contributed by atoms with Crippen LogP contribution in [0, 0.1) is 22.7 Å². The number of hydrogen-bond acceptors (Lipinski definition) is 7. The van der Waals surface area contributed by atoms with Crippen LogP contribution in [0.3, 0.4) is 0 Å². The van der Waals surface area contributed by atoms with E-state index < -0.39 is 17.3 Å². The van der Waals surface area contributed by atoms with Gasteiger partial charge in [0.15, 0.2) is 0 Å². The largest absolute Gasteiger partial charge is 0.417 e. The van der Waals surface area contributed by atoms with E-state index in [1.165, 1.54) is 31.4 Å². The maximum Gasteiger partial charge on any atom is 0.417 e. The van der Waals surface area contributed by atoms with Gasteiger partial charge in [-0.15, -0.1) is 0 Å². The summed E-state index contributed by atoms with van der Waals surface area (Å²) in [7, 11) is 0. The van der Waals surface area contributed by atoms with Crippen molar-refractivity contribution in [1.82, 2.24) is 9.88 Å². The van der Waals surface area contributed by atoms with E-state index in [1.54, 1.807) is 12.3 Å². The van der Waals surface area contributed by atoms with Crippen LogP contribution in [0.25, 0.3) is 0 Å². The molecule has 0 radical (unpaired) electrons. The summed E-state index contributed by atoms with van der Waals surface area (Å²) in [6.07, 6.45) is 3.38. The maximum atomic E-state index is 12.3. The van der Waals surface area contributed by atoms with E-state index in [0.717, 1.165) is 43.8 Å². The Morgan fingerprint density at radius 2 is 1.76 bits per heavy atom. The van der Waals surface area contributed by atoms with Gasteiger partial charge in [-0.2, -0.15) is 23.7 Å². The molecule has 1 aliphatic heterocycles. The lowest BCUT2D eigenvalue weighted by Crippen LogP contribution is -2.50. The first kappa shape index (κ1) is 27.8. The quantitative estimate of drug-likeness (QED) is 0.610. The number of rotatable bonds is 4. The van der Waals surface area contributed by atoms with Crippen LogP contribution in [0.5, 0.6) is 0 Å². The molecule has 1 amide bonds. The van der Waals surface area contributed by atoms with E-state index in [0.29, 0.717) is 18.8 Å². The van der Waals surface area contributed by atoms with Gasteiger partial charge in [0.05, 0.1) is 35.2 Å². The van der Waals surface area contributed by atoms with E-state index in [9.17, 15) is 18.0 Å². The first-order chi connectivity index (χ1) is 17.7. The Hall–Kier alpha value is -3.83. The summed E-state index contributed by atoms with van der Waals surface area (Å²) in [5.41, 5.74) is 5.18. The smallest absolute Gasteiger partial charge is 0.399 e. The third-order valence-corrected chi connectivity index (χ3v) is 6.32. The maximum absolute atomic E-state index is 12.3. The fourth-order valence-electron chi connectivity index (χ4n) is 4.26. The number of nitriles is 2. The SMILES string of the molecule is N#Cc1ccc(N)cc1C(F)(F)F.N#Cc1ccc(N2CCN(C(=O)COC3CCCCC3)CC2)cn1. The predicted octanol–water partition coefficient (Wildman–Crippen LogP) is 4.11. The number of nitrogen functional groups attached to an aromatic ring is 1. The number of amides is 1. The molecule has 1 aromatic heterocycles. The molecule has 2 heterocycles. The van der Waals surface area contributed by atoms with E-state index in [-0.39, 0.29) is 24.3 Å². The third-order valence-electron chi connectivity index (χ3n) is 6.32. The zero-order valence-corrected chi connectivity index (χ0v) is 20.4. The van der Waals surface area contributed by atoms with Crippen LogP contribution >= 0.6 is 0 Å². The Morgan fingerprint density at radius 1 is 1.05 bits per heavy atom. The van der Waals surface area contributed by atoms with Crippen molar-refractivity contribution in [3.8, 4) is 12.1 Å². The highest BCUT2D eigenvalue weighted by atomic mass is 19.4. The molecule has 0 atom stereocenters. The number of ether oxygens (including phenoxy) is 1. The van der Waals surface area contributed by atoms with Gasteiger partial charge >= 0.3 is 6.18 Å². The second-order valence-electron chi connectivity index (χ2n) is 8.87. The summed E-state index contributed by atoms with van der Waals surface area (Å²) in [6.45, 7) is 3.17. The number of alkyl halides is 3. The molecule has 1 aromatic carbocycles. The lowest BCUT2D eigenvalue weighted by molar-refractivity contribution is -0.139. The molecule has 1 saturated heterocycles. The molecule has 2 N–H and O–H groups in total. The lowest BCUT2D eigenvalue weighted by Gasteiger charge is -2.36. The molecule has 0 spiro atoms. The van der Waals surface area contributed by atoms with Gasteiger partial charge in [0.1, 0.15) is 18.4 Å². The van der Waals surface area contributed by atoms with Gasteiger partial charge in [-0.05, 0) is 43.2 Å². The molecular formula is C26H29F3N6O2. The number of nitrogens with zero attached hydrogens (tertiary/aromatic N) is 5. The predicted molar refractivity (Wildman–Crippen MR) is 131 cm³/mol. The highest BCUT2D eigenvalue weighted by Crippen LogP contribution is 2.32. The number of pyridine rings is 1. The van der Waals surface area contributed by atoms with Crippen LogP contribution in [-0.4, -0.2) is 54.7 Å². The van der Waals surface area contributed by atoms with Crippen molar-refractivity contribution in [2.75, 3.05) is 43.4 Å². The molecule has 1 saturated carbocycles. The fourth-order valence-corrected chi connectivity index (χ4v) is 4.26. The molecule has 1 aliphatic carbocycles. The van der Waals surface area contributed by atoms with Gasteiger partial charge in [0.2, 0.25) is 5.91 Å². The summed E-state index contributed by atoms with van der Waals surface area (Å²) in [4.78, 5) is 20.5. The van der Waals surface area contributed by atoms with Crippen LogP contribution in [0.4, 0.5) is 24.5 Å². The molecule has 2 fully saturated rings. The van der Waals surface area contributed by atoms with Crippen LogP contribution < -0.4 is 10.6 Å². The third kappa shape index (κ3) is 8.09. The summed E-state index contributed by atoms with van der Waals surface area (Å²) in [5, 5.41) is 17.2. The summed E-state index contributed by atoms with van der Waals surface area (Å²) in [6, 6.07) is 10.2. The van der Waals surface area contributed by atoms with Crippen molar-refractivity contribution in [2.24, 2.45) is 0 Å². The minimum Gasteiger partial charge on any atom is -0.399 e. The summed E-state index contributed by atoms with van der Waals surface area (Å²) in [5.74, 6) is 0.0955. The molecule has 37 heavy (non-hydrogen) atoms. The molecule has 196 valence electrons. The Balaban J connectivity index is 0.000000248. The van der Waals surface area contributed by atoms with Crippen LogP contribution in [0.1, 0.15) is 48.9 Å². The van der Waals surface area contributed by atoms with E-state index in [2.05, 4.69) is 9.88 Å². The van der Waals surface area contributed by atoms with Crippen LogP contribution in [-0.2, 0) is 15.7 Å². The number of benzene rings is 1. The molecule has 2 aliphatic rings. The fraction of sp³-hybridized carbons (Fsp3) is 0.462. The van der Waals surface area contributed by atoms with Crippen molar-refractivity contribution in [2.45, 2.75) is 44.4 Å². The molecule has 2 aromatic rings. The molecule has 11 heteroatoms. The Kier molecular flexibility index (Phi) is 9.70. The van der Waals surface area contributed by atoms with Crippen LogP contribution in [0.15, 0.2) is 36.5 Å². The van der Waals surface area contributed by atoms with Gasteiger partial charge in [0.25, 0.3) is 0 Å². The molecule has 4 rings (SSSR count). The Morgan fingerprint density at radius 3 is 2.32 bits per heavy atom. The van der Waals surface area contributed by atoms with Crippen molar-refractivity contribution in [3.05, 3.63) is 53.3 Å². The van der Waals surface area contributed by atoms with Crippen molar-refractivity contribution < 1.29 is 22.7 Å². The van der Waals surface area contributed by atoms with Gasteiger partial charge in [-0.1, -0.05) is 19.3 Å². The minimum atomic E-state index is -4.53. The summed E-state index contributed by atoms with van der Waals surface area (Å²) >= 11 is 0. The van der Waals surface area contributed by atoms with E-state index in [1.807, 2.05) is 17.0 Å². The number of hydrogen-bond donors (Lipinski definition) is 1. The van der Waals surface area contributed by atoms with Crippen LogP contribution in [0.2, 0.25) is 0 Å². The number of piperazine rings is 1. The minimum absolute atomic E-state index is 0.00803. The average Bonchev–Trinajstić information content (AvgIpc) is 2.92. The molecular weight excluding hydrogens is 485 g/mol. The molecule has 8 nitrogen and oxygen atoms in total. The number of carbonyl (C=O) groups is 1. The first-order valence-electron chi connectivity index (χ1n) is 12.1. The lowest BCUT2D eigenvalue weighted by atomic mass is 9.98. The van der Waals surface area contributed by atoms with Gasteiger partial charge in [-0.25, -0.2) is 4.98 Å². The van der Waals surface area contributed by atoms with Crippen molar-refractivity contribution in [1.29, 1.82) is 10.5 Å². The van der Waals surface area contributed by atoms with Crippen molar-refractivity contribution in [3.63, 3.8) is 0 Å². The second-order valence-corrected chi connectivity index (χ2v) is 8.87. The Bertz CT molecular complexity index is 1130. The summed E-state index contributed by atoms with van der Waals surface area (Å²) < 4.78 is 42.4. The molecule has 0 unspecified atom stereocenters. The number of nitrogens with two attached hydrogens (primary N) is 1. The monoisotopic (exact) mass is 514 g/mol. The van der Waals surface area contributed by atoms with Gasteiger partial charge in [-0.3, -0.25) is 4.79 Å². The average molecular weight is 515 g/mol. The van der Waals surface area contributed by atoms with Gasteiger partial charge < -0.3 is 20.3 Å². The second kappa shape index (κ2) is 12.9. The zero-order chi connectivity index (χ0) is 26.8. The van der Waals surface area contributed by atoms with Gasteiger partial charge in [0, 0.05) is 31.9 Å². The zero-order valence-electron chi connectivity index (χ0n) is 20.4. The number of halogens is 3. The van der Waals surface area contributed by atoms with E-state index in [4.69, 9.17) is 21.0 Å². The highest BCUT2D eigenvalue weighted by molar-refractivity contribution is 5.77. The highest BCUT2D eigenvalue weighted by Gasteiger charge is 2.33. The normalized spacial score (nSPS) is 16.2. The molecule has 0 bridgehead atoms. The van der Waals surface area contributed by atoms with E-state index >= 15 is 0 Å².